The fourth-order valence-electron chi connectivity index (χ4n) is 1.46. The van der Waals surface area contributed by atoms with Crippen LogP contribution in [0.3, 0.4) is 0 Å². The molecule has 0 fully saturated rings. The van der Waals surface area contributed by atoms with Crippen LogP contribution in [-0.2, 0) is 5.75 Å². The topological polar surface area (TPSA) is 50.2 Å². The SMILES string of the molecule is O=C(O)c1ccccc1SCc1ccnc(Cl)c1. The minimum atomic E-state index is -0.911. The zero-order valence-corrected chi connectivity index (χ0v) is 10.9. The number of hydrogen-bond acceptors (Lipinski definition) is 3. The van der Waals surface area contributed by atoms with Gasteiger partial charge in [0.2, 0.25) is 0 Å². The summed E-state index contributed by atoms with van der Waals surface area (Å²) in [7, 11) is 0. The molecule has 3 nitrogen and oxygen atoms in total. The van der Waals surface area contributed by atoms with Crippen molar-refractivity contribution in [2.24, 2.45) is 0 Å². The monoisotopic (exact) mass is 279 g/mol. The number of pyridine rings is 1. The zero-order chi connectivity index (χ0) is 13.0. The Labute approximate surface area is 114 Å². The minimum Gasteiger partial charge on any atom is -0.478 e. The van der Waals surface area contributed by atoms with Gasteiger partial charge in [0.1, 0.15) is 5.15 Å². The molecule has 0 amide bonds. The smallest absolute Gasteiger partial charge is 0.336 e. The first-order chi connectivity index (χ1) is 8.66. The Morgan fingerprint density at radius 2 is 2.11 bits per heavy atom. The summed E-state index contributed by atoms with van der Waals surface area (Å²) in [5.74, 6) is -0.252. The fourth-order valence-corrected chi connectivity index (χ4v) is 2.65. The summed E-state index contributed by atoms with van der Waals surface area (Å²) < 4.78 is 0. The third kappa shape index (κ3) is 3.24. The van der Waals surface area contributed by atoms with Crippen molar-refractivity contribution in [2.45, 2.75) is 10.6 Å². The Kier molecular flexibility index (Phi) is 4.23. The Morgan fingerprint density at radius 3 is 2.83 bits per heavy atom. The molecule has 0 bridgehead atoms. The lowest BCUT2D eigenvalue weighted by atomic mass is 10.2. The Bertz CT molecular complexity index is 574. The van der Waals surface area contributed by atoms with Gasteiger partial charge in [0.25, 0.3) is 0 Å². The van der Waals surface area contributed by atoms with Crippen LogP contribution in [0.5, 0.6) is 0 Å². The number of rotatable bonds is 4. The van der Waals surface area contributed by atoms with Gasteiger partial charge < -0.3 is 5.11 Å². The largest absolute Gasteiger partial charge is 0.478 e. The fraction of sp³-hybridized carbons (Fsp3) is 0.0769. The number of carboxylic acid groups (broad SMARTS) is 1. The van der Waals surface area contributed by atoms with Gasteiger partial charge in [0.05, 0.1) is 5.56 Å². The molecule has 0 aliphatic heterocycles. The highest BCUT2D eigenvalue weighted by atomic mass is 35.5. The van der Waals surface area contributed by atoms with Crippen molar-refractivity contribution in [1.29, 1.82) is 0 Å². The van der Waals surface area contributed by atoms with Crippen LogP contribution in [-0.4, -0.2) is 16.1 Å². The number of benzene rings is 1. The van der Waals surface area contributed by atoms with E-state index in [1.165, 1.54) is 11.8 Å². The van der Waals surface area contributed by atoms with Crippen molar-refractivity contribution >= 4 is 29.3 Å². The van der Waals surface area contributed by atoms with Crippen LogP contribution < -0.4 is 0 Å². The van der Waals surface area contributed by atoms with E-state index in [0.29, 0.717) is 16.5 Å². The predicted molar refractivity (Wildman–Crippen MR) is 72.2 cm³/mol. The van der Waals surface area contributed by atoms with Gasteiger partial charge in [0, 0.05) is 16.8 Å². The molecule has 0 spiro atoms. The van der Waals surface area contributed by atoms with Crippen LogP contribution in [0, 0.1) is 0 Å². The van der Waals surface area contributed by atoms with E-state index in [1.54, 1.807) is 30.5 Å². The van der Waals surface area contributed by atoms with Crippen LogP contribution in [0.15, 0.2) is 47.5 Å². The summed E-state index contributed by atoms with van der Waals surface area (Å²) >= 11 is 7.26. The predicted octanol–water partition coefficient (Wildman–Crippen LogP) is 3.73. The van der Waals surface area contributed by atoms with Gasteiger partial charge in [0.15, 0.2) is 0 Å². The standard InChI is InChI=1S/C13H10ClNO2S/c14-12-7-9(5-6-15-12)8-18-11-4-2-1-3-10(11)13(16)17/h1-7H,8H2,(H,16,17). The van der Waals surface area contributed by atoms with Crippen molar-refractivity contribution in [3.05, 3.63) is 58.9 Å². The van der Waals surface area contributed by atoms with E-state index in [0.717, 1.165) is 10.5 Å². The molecule has 0 saturated heterocycles. The molecule has 5 heteroatoms. The maximum absolute atomic E-state index is 11.0. The second-order valence-corrected chi connectivity index (χ2v) is 4.98. The number of carbonyl (C=O) groups is 1. The first kappa shape index (κ1) is 12.9. The van der Waals surface area contributed by atoms with E-state index in [4.69, 9.17) is 16.7 Å². The van der Waals surface area contributed by atoms with Gasteiger partial charge in [-0.25, -0.2) is 9.78 Å². The third-order valence-electron chi connectivity index (χ3n) is 2.30. The van der Waals surface area contributed by atoms with Crippen LogP contribution in [0.1, 0.15) is 15.9 Å². The molecule has 2 rings (SSSR count). The summed E-state index contributed by atoms with van der Waals surface area (Å²) in [4.78, 5) is 15.7. The van der Waals surface area contributed by atoms with Gasteiger partial charge in [-0.3, -0.25) is 0 Å². The van der Waals surface area contributed by atoms with Crippen molar-refractivity contribution in [2.75, 3.05) is 0 Å². The van der Waals surface area contributed by atoms with E-state index in [1.807, 2.05) is 12.1 Å². The molecule has 0 saturated carbocycles. The summed E-state index contributed by atoms with van der Waals surface area (Å²) in [6, 6.07) is 10.6. The number of carboxylic acids is 1. The van der Waals surface area contributed by atoms with E-state index >= 15 is 0 Å². The average Bonchev–Trinajstić information content (AvgIpc) is 2.37. The second-order valence-electron chi connectivity index (χ2n) is 3.58. The van der Waals surface area contributed by atoms with Crippen molar-refractivity contribution in [3.63, 3.8) is 0 Å². The molecule has 0 aliphatic rings. The lowest BCUT2D eigenvalue weighted by Gasteiger charge is -2.05. The molecule has 0 unspecified atom stereocenters. The molecule has 0 radical (unpaired) electrons. The highest BCUT2D eigenvalue weighted by Crippen LogP contribution is 2.26. The van der Waals surface area contributed by atoms with E-state index in [2.05, 4.69) is 4.98 Å². The van der Waals surface area contributed by atoms with Crippen molar-refractivity contribution in [3.8, 4) is 0 Å². The number of aromatic carboxylic acids is 1. The molecular formula is C13H10ClNO2S. The first-order valence-corrected chi connectivity index (χ1v) is 6.59. The number of aromatic nitrogens is 1. The molecule has 1 aromatic carbocycles. The summed E-state index contributed by atoms with van der Waals surface area (Å²) in [5.41, 5.74) is 1.34. The number of thioether (sulfide) groups is 1. The normalized spacial score (nSPS) is 10.3. The Hall–Kier alpha value is -1.52. The molecule has 0 atom stereocenters. The highest BCUT2D eigenvalue weighted by Gasteiger charge is 2.09. The third-order valence-corrected chi connectivity index (χ3v) is 3.65. The van der Waals surface area contributed by atoms with E-state index < -0.39 is 5.97 Å². The minimum absolute atomic E-state index is 0.322. The maximum atomic E-state index is 11.0. The van der Waals surface area contributed by atoms with Crippen molar-refractivity contribution < 1.29 is 9.90 Å². The molecule has 1 aromatic heterocycles. The maximum Gasteiger partial charge on any atom is 0.336 e. The first-order valence-electron chi connectivity index (χ1n) is 5.22. The molecule has 1 heterocycles. The van der Waals surface area contributed by atoms with Gasteiger partial charge in [-0.05, 0) is 29.8 Å². The van der Waals surface area contributed by atoms with Gasteiger partial charge in [-0.2, -0.15) is 0 Å². The molecular weight excluding hydrogens is 270 g/mol. The van der Waals surface area contributed by atoms with Crippen LogP contribution in [0.2, 0.25) is 5.15 Å². The summed E-state index contributed by atoms with van der Waals surface area (Å²) in [5, 5.41) is 9.51. The number of nitrogens with zero attached hydrogens (tertiary/aromatic N) is 1. The van der Waals surface area contributed by atoms with Gasteiger partial charge >= 0.3 is 5.97 Å². The van der Waals surface area contributed by atoms with Crippen molar-refractivity contribution in [1.82, 2.24) is 4.98 Å². The zero-order valence-electron chi connectivity index (χ0n) is 9.34. The lowest BCUT2D eigenvalue weighted by molar-refractivity contribution is 0.0693. The van der Waals surface area contributed by atoms with Crippen LogP contribution >= 0.6 is 23.4 Å². The van der Waals surface area contributed by atoms with Crippen LogP contribution in [0.25, 0.3) is 0 Å². The quantitative estimate of drug-likeness (QED) is 0.684. The highest BCUT2D eigenvalue weighted by molar-refractivity contribution is 7.98. The van der Waals surface area contributed by atoms with Crippen LogP contribution in [0.4, 0.5) is 0 Å². The second kappa shape index (κ2) is 5.89. The Balaban J connectivity index is 2.13. The molecule has 0 aliphatic carbocycles. The lowest BCUT2D eigenvalue weighted by Crippen LogP contribution is -1.98. The molecule has 2 aromatic rings. The molecule has 92 valence electrons. The molecule has 18 heavy (non-hydrogen) atoms. The van der Waals surface area contributed by atoms with Gasteiger partial charge in [-0.15, -0.1) is 11.8 Å². The van der Waals surface area contributed by atoms with E-state index in [-0.39, 0.29) is 0 Å². The number of hydrogen-bond donors (Lipinski definition) is 1. The van der Waals surface area contributed by atoms with Gasteiger partial charge in [-0.1, -0.05) is 23.7 Å². The summed E-state index contributed by atoms with van der Waals surface area (Å²) in [6.07, 6.45) is 1.64. The summed E-state index contributed by atoms with van der Waals surface area (Å²) in [6.45, 7) is 0. The molecule has 1 N–H and O–H groups in total. The number of halogens is 1. The Morgan fingerprint density at radius 1 is 1.33 bits per heavy atom. The van der Waals surface area contributed by atoms with E-state index in [9.17, 15) is 4.79 Å². The average molecular weight is 280 g/mol.